The van der Waals surface area contributed by atoms with Crippen LogP contribution in [0.3, 0.4) is 0 Å². The molecule has 0 aliphatic rings. The highest BCUT2D eigenvalue weighted by molar-refractivity contribution is 6.36. The van der Waals surface area contributed by atoms with Crippen molar-refractivity contribution in [2.45, 2.75) is 20.3 Å². The van der Waals surface area contributed by atoms with Gasteiger partial charge in [0.15, 0.2) is 5.82 Å². The molecule has 0 atom stereocenters. The molecule has 18 heavy (non-hydrogen) atoms. The van der Waals surface area contributed by atoms with E-state index in [1.807, 2.05) is 13.8 Å². The van der Waals surface area contributed by atoms with Gasteiger partial charge in [0.25, 0.3) is 0 Å². The molecule has 0 amide bonds. The van der Waals surface area contributed by atoms with E-state index in [9.17, 15) is 0 Å². The van der Waals surface area contributed by atoms with Gasteiger partial charge in [0.2, 0.25) is 0 Å². The molecule has 94 valence electrons. The smallest absolute Gasteiger partial charge is 0.162 e. The predicted molar refractivity (Wildman–Crippen MR) is 76.6 cm³/mol. The molecule has 2 nitrogen and oxygen atoms in total. The van der Waals surface area contributed by atoms with Gasteiger partial charge in [-0.25, -0.2) is 9.97 Å². The van der Waals surface area contributed by atoms with Crippen molar-refractivity contribution in [1.29, 1.82) is 0 Å². The number of hydrogen-bond acceptors (Lipinski definition) is 2. The summed E-state index contributed by atoms with van der Waals surface area (Å²) in [6.07, 6.45) is 0.805. The van der Waals surface area contributed by atoms with Crippen LogP contribution in [0.4, 0.5) is 0 Å². The van der Waals surface area contributed by atoms with Crippen LogP contribution in [0, 0.1) is 6.92 Å². The van der Waals surface area contributed by atoms with E-state index in [-0.39, 0.29) is 0 Å². The molecule has 1 aromatic heterocycles. The first-order valence-electron chi connectivity index (χ1n) is 5.51. The monoisotopic (exact) mass is 300 g/mol. The lowest BCUT2D eigenvalue weighted by Gasteiger charge is -2.09. The molecule has 2 aromatic rings. The summed E-state index contributed by atoms with van der Waals surface area (Å²) >= 11 is 18.1. The molecule has 0 saturated heterocycles. The molecule has 2 rings (SSSR count). The quantitative estimate of drug-likeness (QED) is 0.731. The van der Waals surface area contributed by atoms with Gasteiger partial charge in [-0.05, 0) is 31.5 Å². The largest absolute Gasteiger partial charge is 0.233 e. The SMILES string of the molecule is CCc1c(C)nc(-c2ccc(Cl)cc2Cl)nc1Cl. The number of benzene rings is 1. The molecule has 0 bridgehead atoms. The zero-order chi connectivity index (χ0) is 13.3. The Bertz CT molecular complexity index is 574. The second-order valence-electron chi connectivity index (χ2n) is 3.88. The summed E-state index contributed by atoms with van der Waals surface area (Å²) in [6.45, 7) is 3.94. The van der Waals surface area contributed by atoms with Gasteiger partial charge < -0.3 is 0 Å². The van der Waals surface area contributed by atoms with Crippen LogP contribution in [-0.4, -0.2) is 9.97 Å². The summed E-state index contributed by atoms with van der Waals surface area (Å²) in [7, 11) is 0. The first-order valence-corrected chi connectivity index (χ1v) is 6.64. The van der Waals surface area contributed by atoms with Gasteiger partial charge in [-0.1, -0.05) is 41.7 Å². The Labute approximate surface area is 121 Å². The van der Waals surface area contributed by atoms with Gasteiger partial charge in [0.05, 0.1) is 5.02 Å². The fourth-order valence-electron chi connectivity index (χ4n) is 1.75. The average Bonchev–Trinajstić information content (AvgIpc) is 2.28. The molecule has 0 N–H and O–H groups in total. The fraction of sp³-hybridized carbons (Fsp3) is 0.231. The normalized spacial score (nSPS) is 10.7. The molecule has 0 aliphatic carbocycles. The van der Waals surface area contributed by atoms with E-state index in [0.29, 0.717) is 21.0 Å². The number of aromatic nitrogens is 2. The lowest BCUT2D eigenvalue weighted by atomic mass is 10.1. The first kappa shape index (κ1) is 13.6. The minimum atomic E-state index is 0.478. The van der Waals surface area contributed by atoms with E-state index in [1.165, 1.54) is 0 Å². The Morgan fingerprint density at radius 1 is 1.11 bits per heavy atom. The molecular weight excluding hydrogens is 291 g/mol. The number of halogens is 3. The summed E-state index contributed by atoms with van der Waals surface area (Å²) < 4.78 is 0. The number of rotatable bonds is 2. The van der Waals surface area contributed by atoms with Gasteiger partial charge in [0, 0.05) is 21.8 Å². The number of aryl methyl sites for hydroxylation is 1. The molecule has 0 unspecified atom stereocenters. The van der Waals surface area contributed by atoms with E-state index in [0.717, 1.165) is 23.2 Å². The highest BCUT2D eigenvalue weighted by Gasteiger charge is 2.12. The van der Waals surface area contributed by atoms with Crippen molar-refractivity contribution in [3.05, 3.63) is 44.7 Å². The van der Waals surface area contributed by atoms with E-state index < -0.39 is 0 Å². The van der Waals surface area contributed by atoms with Crippen molar-refractivity contribution in [1.82, 2.24) is 9.97 Å². The van der Waals surface area contributed by atoms with Crippen molar-refractivity contribution < 1.29 is 0 Å². The highest BCUT2D eigenvalue weighted by Crippen LogP contribution is 2.30. The summed E-state index contributed by atoms with van der Waals surface area (Å²) in [5, 5.41) is 1.57. The molecular formula is C13H11Cl3N2. The lowest BCUT2D eigenvalue weighted by molar-refractivity contribution is 1.00. The van der Waals surface area contributed by atoms with Crippen LogP contribution >= 0.6 is 34.8 Å². The third-order valence-corrected chi connectivity index (χ3v) is 3.55. The van der Waals surface area contributed by atoms with E-state index in [4.69, 9.17) is 34.8 Å². The van der Waals surface area contributed by atoms with Crippen LogP contribution in [0.1, 0.15) is 18.2 Å². The molecule has 0 fully saturated rings. The van der Waals surface area contributed by atoms with Gasteiger partial charge >= 0.3 is 0 Å². The zero-order valence-electron chi connectivity index (χ0n) is 9.97. The van der Waals surface area contributed by atoms with Crippen molar-refractivity contribution >= 4 is 34.8 Å². The average molecular weight is 302 g/mol. The second kappa shape index (κ2) is 5.43. The summed E-state index contributed by atoms with van der Waals surface area (Å²) in [4.78, 5) is 8.73. The number of nitrogens with zero attached hydrogens (tertiary/aromatic N) is 2. The lowest BCUT2D eigenvalue weighted by Crippen LogP contribution is -1.99. The third kappa shape index (κ3) is 2.61. The second-order valence-corrected chi connectivity index (χ2v) is 5.08. The van der Waals surface area contributed by atoms with E-state index in [2.05, 4.69) is 9.97 Å². The van der Waals surface area contributed by atoms with Crippen molar-refractivity contribution in [2.75, 3.05) is 0 Å². The van der Waals surface area contributed by atoms with Gasteiger partial charge in [-0.15, -0.1) is 0 Å². The fourth-order valence-corrected chi connectivity index (χ4v) is 2.60. The van der Waals surface area contributed by atoms with E-state index in [1.54, 1.807) is 18.2 Å². The predicted octanol–water partition coefficient (Wildman–Crippen LogP) is 4.97. The molecule has 1 heterocycles. The first-order chi connectivity index (χ1) is 8.52. The summed E-state index contributed by atoms with van der Waals surface area (Å²) in [6, 6.07) is 5.21. The van der Waals surface area contributed by atoms with Crippen LogP contribution in [0.15, 0.2) is 18.2 Å². The Morgan fingerprint density at radius 3 is 2.39 bits per heavy atom. The molecule has 0 aliphatic heterocycles. The molecule has 0 saturated carbocycles. The topological polar surface area (TPSA) is 25.8 Å². The minimum Gasteiger partial charge on any atom is -0.233 e. The molecule has 0 spiro atoms. The Morgan fingerprint density at radius 2 is 1.83 bits per heavy atom. The van der Waals surface area contributed by atoms with Crippen LogP contribution < -0.4 is 0 Å². The van der Waals surface area contributed by atoms with E-state index >= 15 is 0 Å². The van der Waals surface area contributed by atoms with Gasteiger partial charge in [-0.3, -0.25) is 0 Å². The Balaban J connectivity index is 2.58. The van der Waals surface area contributed by atoms with Crippen molar-refractivity contribution in [2.24, 2.45) is 0 Å². The highest BCUT2D eigenvalue weighted by atomic mass is 35.5. The van der Waals surface area contributed by atoms with Gasteiger partial charge in [-0.2, -0.15) is 0 Å². The van der Waals surface area contributed by atoms with Crippen LogP contribution in [0.2, 0.25) is 15.2 Å². The van der Waals surface area contributed by atoms with Crippen molar-refractivity contribution in [3.63, 3.8) is 0 Å². The van der Waals surface area contributed by atoms with Crippen molar-refractivity contribution in [3.8, 4) is 11.4 Å². The molecule has 0 radical (unpaired) electrons. The molecule has 1 aromatic carbocycles. The molecule has 5 heteroatoms. The summed E-state index contributed by atoms with van der Waals surface area (Å²) in [5.74, 6) is 0.524. The minimum absolute atomic E-state index is 0.478. The Hall–Kier alpha value is -0.830. The standard InChI is InChI=1S/C13H11Cl3N2/c1-3-9-7(2)17-13(18-12(9)16)10-5-4-8(14)6-11(10)15/h4-6H,3H2,1-2H3. The van der Waals surface area contributed by atoms with Crippen LogP contribution in [0.25, 0.3) is 11.4 Å². The zero-order valence-corrected chi connectivity index (χ0v) is 12.2. The van der Waals surface area contributed by atoms with Crippen LogP contribution in [-0.2, 0) is 6.42 Å². The van der Waals surface area contributed by atoms with Gasteiger partial charge in [0.1, 0.15) is 5.15 Å². The number of hydrogen-bond donors (Lipinski definition) is 0. The maximum atomic E-state index is 6.15. The Kier molecular flexibility index (Phi) is 4.10. The summed E-state index contributed by atoms with van der Waals surface area (Å²) in [5.41, 5.74) is 2.57. The van der Waals surface area contributed by atoms with Crippen LogP contribution in [0.5, 0.6) is 0 Å². The maximum Gasteiger partial charge on any atom is 0.162 e. The maximum absolute atomic E-state index is 6.15. The third-order valence-electron chi connectivity index (χ3n) is 2.69.